The summed E-state index contributed by atoms with van der Waals surface area (Å²) in [7, 11) is 0. The molecule has 3 heteroatoms. The average molecular weight is 316 g/mol. The molecule has 0 spiro atoms. The Balaban J connectivity index is 1.68. The van der Waals surface area contributed by atoms with Crippen LogP contribution in [-0.4, -0.2) is 18.1 Å². The second-order valence-corrected chi connectivity index (χ2v) is 6.71. The predicted octanol–water partition coefficient (Wildman–Crippen LogP) is 5.64. The maximum absolute atomic E-state index is 5.75. The molecule has 2 nitrogen and oxygen atoms in total. The fraction of sp³-hybridized carbons (Fsp3) is 0.368. The molecule has 118 valence electrons. The van der Waals surface area contributed by atoms with Crippen LogP contribution in [0.4, 0.5) is 0 Å². The third-order valence-electron chi connectivity index (χ3n) is 2.96. The second kappa shape index (κ2) is 9.42. The molecule has 0 saturated heterocycles. The molecule has 0 fully saturated rings. The first-order chi connectivity index (χ1) is 10.7. The molecule has 22 heavy (non-hydrogen) atoms. The zero-order valence-electron chi connectivity index (χ0n) is 13.3. The lowest BCUT2D eigenvalue weighted by molar-refractivity contribution is 0.318. The van der Waals surface area contributed by atoms with Crippen molar-refractivity contribution in [2.75, 3.05) is 18.1 Å². The Morgan fingerprint density at radius 2 is 1.50 bits per heavy atom. The van der Waals surface area contributed by atoms with Crippen molar-refractivity contribution in [3.8, 4) is 17.2 Å². The summed E-state index contributed by atoms with van der Waals surface area (Å²) >= 11 is 2.00. The van der Waals surface area contributed by atoms with Gasteiger partial charge in [-0.05, 0) is 60.2 Å². The van der Waals surface area contributed by atoms with E-state index in [1.54, 1.807) is 0 Å². The highest BCUT2D eigenvalue weighted by Gasteiger charge is 1.99. The van der Waals surface area contributed by atoms with Crippen LogP contribution in [0.3, 0.4) is 0 Å². The summed E-state index contributed by atoms with van der Waals surface area (Å²) in [4.78, 5) is 0. The number of thioether (sulfide) groups is 1. The summed E-state index contributed by atoms with van der Waals surface area (Å²) in [5.74, 6) is 5.72. The molecule has 0 aromatic heterocycles. The number of para-hydroxylation sites is 1. The van der Waals surface area contributed by atoms with Gasteiger partial charge in [0.25, 0.3) is 0 Å². The van der Waals surface area contributed by atoms with Gasteiger partial charge in [-0.2, -0.15) is 11.8 Å². The number of benzene rings is 2. The summed E-state index contributed by atoms with van der Waals surface area (Å²) in [5, 5.41) is 0. The Morgan fingerprint density at radius 3 is 2.18 bits per heavy atom. The van der Waals surface area contributed by atoms with Crippen LogP contribution in [0.2, 0.25) is 0 Å². The molecule has 2 rings (SSSR count). The van der Waals surface area contributed by atoms with Gasteiger partial charge in [-0.3, -0.25) is 0 Å². The number of ether oxygens (including phenoxy) is 2. The zero-order valence-corrected chi connectivity index (χ0v) is 14.1. The lowest BCUT2D eigenvalue weighted by atomic mass is 10.3. The second-order valence-electron chi connectivity index (χ2n) is 5.56. The van der Waals surface area contributed by atoms with Gasteiger partial charge in [0.1, 0.15) is 17.2 Å². The first-order valence-corrected chi connectivity index (χ1v) is 8.93. The summed E-state index contributed by atoms with van der Waals surface area (Å²) in [6, 6.07) is 17.6. The van der Waals surface area contributed by atoms with E-state index in [-0.39, 0.29) is 0 Å². The Bertz CT molecular complexity index is 523. The zero-order chi connectivity index (χ0) is 15.6. The van der Waals surface area contributed by atoms with Gasteiger partial charge in [-0.25, -0.2) is 0 Å². The van der Waals surface area contributed by atoms with Crippen LogP contribution < -0.4 is 9.47 Å². The first kappa shape index (κ1) is 16.8. The minimum atomic E-state index is 0.767. The summed E-state index contributed by atoms with van der Waals surface area (Å²) in [6.45, 7) is 5.27. The van der Waals surface area contributed by atoms with Crippen molar-refractivity contribution in [3.05, 3.63) is 54.6 Å². The van der Waals surface area contributed by atoms with E-state index in [0.29, 0.717) is 0 Å². The van der Waals surface area contributed by atoms with Crippen molar-refractivity contribution in [2.24, 2.45) is 5.92 Å². The number of rotatable bonds is 9. The molecule has 0 amide bonds. The molecular weight excluding hydrogens is 292 g/mol. The Hall–Kier alpha value is -1.61. The summed E-state index contributed by atoms with van der Waals surface area (Å²) in [5.41, 5.74) is 0. The van der Waals surface area contributed by atoms with Crippen LogP contribution in [0.25, 0.3) is 0 Å². The van der Waals surface area contributed by atoms with Gasteiger partial charge < -0.3 is 9.47 Å². The lowest BCUT2D eigenvalue weighted by Gasteiger charge is -2.09. The van der Waals surface area contributed by atoms with E-state index in [1.807, 2.05) is 66.4 Å². The SMILES string of the molecule is CC(C)CSCCCOc1ccc(Oc2ccccc2)cc1. The molecule has 0 aliphatic heterocycles. The fourth-order valence-corrected chi connectivity index (χ4v) is 2.86. The molecule has 0 atom stereocenters. The highest BCUT2D eigenvalue weighted by Crippen LogP contribution is 2.23. The molecule has 2 aromatic rings. The van der Waals surface area contributed by atoms with E-state index in [9.17, 15) is 0 Å². The van der Waals surface area contributed by atoms with Crippen molar-refractivity contribution in [1.29, 1.82) is 0 Å². The van der Waals surface area contributed by atoms with Gasteiger partial charge in [0.15, 0.2) is 0 Å². The van der Waals surface area contributed by atoms with Crippen LogP contribution in [-0.2, 0) is 0 Å². The third kappa shape index (κ3) is 6.44. The lowest BCUT2D eigenvalue weighted by Crippen LogP contribution is -2.00. The van der Waals surface area contributed by atoms with Gasteiger partial charge in [0.2, 0.25) is 0 Å². The van der Waals surface area contributed by atoms with E-state index < -0.39 is 0 Å². The Kier molecular flexibility index (Phi) is 7.17. The van der Waals surface area contributed by atoms with Crippen molar-refractivity contribution < 1.29 is 9.47 Å². The average Bonchev–Trinajstić information content (AvgIpc) is 2.53. The summed E-state index contributed by atoms with van der Waals surface area (Å²) < 4.78 is 11.5. The van der Waals surface area contributed by atoms with E-state index in [0.717, 1.165) is 41.9 Å². The maximum atomic E-state index is 5.75. The molecule has 0 aliphatic carbocycles. The molecule has 0 N–H and O–H groups in total. The minimum absolute atomic E-state index is 0.767. The Labute approximate surface area is 137 Å². The van der Waals surface area contributed by atoms with Gasteiger partial charge >= 0.3 is 0 Å². The standard InChI is InChI=1S/C19H24O2S/c1-16(2)15-22-14-6-13-20-17-9-11-19(12-10-17)21-18-7-4-3-5-8-18/h3-5,7-12,16H,6,13-15H2,1-2H3. The van der Waals surface area contributed by atoms with E-state index in [1.165, 1.54) is 5.75 Å². The van der Waals surface area contributed by atoms with Crippen LogP contribution in [0, 0.1) is 5.92 Å². The predicted molar refractivity (Wildman–Crippen MR) is 95.2 cm³/mol. The van der Waals surface area contributed by atoms with Crippen LogP contribution >= 0.6 is 11.8 Å². The number of hydrogen-bond donors (Lipinski definition) is 0. The fourth-order valence-electron chi connectivity index (χ4n) is 1.90. The van der Waals surface area contributed by atoms with Crippen molar-refractivity contribution in [1.82, 2.24) is 0 Å². The first-order valence-electron chi connectivity index (χ1n) is 7.77. The van der Waals surface area contributed by atoms with Gasteiger partial charge in [-0.15, -0.1) is 0 Å². The molecule has 0 aliphatic rings. The molecule has 2 aromatic carbocycles. The third-order valence-corrected chi connectivity index (χ3v) is 4.44. The quantitative estimate of drug-likeness (QED) is 0.558. The van der Waals surface area contributed by atoms with E-state index in [2.05, 4.69) is 13.8 Å². The van der Waals surface area contributed by atoms with E-state index in [4.69, 9.17) is 9.47 Å². The monoisotopic (exact) mass is 316 g/mol. The smallest absolute Gasteiger partial charge is 0.127 e. The largest absolute Gasteiger partial charge is 0.494 e. The van der Waals surface area contributed by atoms with E-state index >= 15 is 0 Å². The molecule has 0 bridgehead atoms. The minimum Gasteiger partial charge on any atom is -0.494 e. The highest BCUT2D eigenvalue weighted by atomic mass is 32.2. The van der Waals surface area contributed by atoms with Crippen molar-refractivity contribution >= 4 is 11.8 Å². The van der Waals surface area contributed by atoms with Crippen LogP contribution in [0.1, 0.15) is 20.3 Å². The highest BCUT2D eigenvalue weighted by molar-refractivity contribution is 7.99. The van der Waals surface area contributed by atoms with Crippen molar-refractivity contribution in [3.63, 3.8) is 0 Å². The molecule has 0 heterocycles. The van der Waals surface area contributed by atoms with Gasteiger partial charge in [0, 0.05) is 0 Å². The maximum Gasteiger partial charge on any atom is 0.127 e. The topological polar surface area (TPSA) is 18.5 Å². The molecule has 0 unspecified atom stereocenters. The number of hydrogen-bond acceptors (Lipinski definition) is 3. The Morgan fingerprint density at radius 1 is 0.864 bits per heavy atom. The molecular formula is C19H24O2S. The summed E-state index contributed by atoms with van der Waals surface area (Å²) in [6.07, 6.45) is 1.08. The molecule has 0 radical (unpaired) electrons. The molecule has 0 saturated carbocycles. The van der Waals surface area contributed by atoms with Gasteiger partial charge in [-0.1, -0.05) is 32.0 Å². The normalized spacial score (nSPS) is 10.7. The van der Waals surface area contributed by atoms with Crippen LogP contribution in [0.5, 0.6) is 17.2 Å². The van der Waals surface area contributed by atoms with Crippen molar-refractivity contribution in [2.45, 2.75) is 20.3 Å². The van der Waals surface area contributed by atoms with Crippen LogP contribution in [0.15, 0.2) is 54.6 Å². The van der Waals surface area contributed by atoms with Gasteiger partial charge in [0.05, 0.1) is 6.61 Å².